The second-order valence-electron chi connectivity index (χ2n) is 3.57. The molecule has 0 radical (unpaired) electrons. The van der Waals surface area contributed by atoms with Crippen molar-refractivity contribution in [3.05, 3.63) is 40.7 Å². The van der Waals surface area contributed by atoms with Gasteiger partial charge in [-0.25, -0.2) is 17.5 Å². The van der Waals surface area contributed by atoms with Crippen LogP contribution in [0.3, 0.4) is 0 Å². The average molecular weight is 350 g/mol. The molecule has 0 amide bonds. The molecule has 9 heteroatoms. The molecule has 0 atom stereocenters. The third-order valence-corrected chi connectivity index (χ3v) is 4.22. The predicted octanol–water partition coefficient (Wildman–Crippen LogP) is 1.49. The van der Waals surface area contributed by atoms with E-state index >= 15 is 0 Å². The smallest absolute Gasteiger partial charge is 0.243 e. The van der Waals surface area contributed by atoms with Crippen molar-refractivity contribution in [3.8, 4) is 0 Å². The summed E-state index contributed by atoms with van der Waals surface area (Å²) in [6, 6.07) is 3.74. The highest BCUT2D eigenvalue weighted by Gasteiger charge is 2.18. The van der Waals surface area contributed by atoms with Crippen molar-refractivity contribution in [1.29, 1.82) is 0 Å². The first-order valence-electron chi connectivity index (χ1n) is 5.19. The Morgan fingerprint density at radius 1 is 1.42 bits per heavy atom. The van der Waals surface area contributed by atoms with Crippen molar-refractivity contribution in [2.24, 2.45) is 0 Å². The number of halogens is 2. The van der Waals surface area contributed by atoms with Crippen LogP contribution in [0, 0.1) is 5.82 Å². The molecule has 0 bridgehead atoms. The zero-order valence-electron chi connectivity index (χ0n) is 9.51. The Bertz CT molecular complexity index is 661. The molecule has 102 valence electrons. The van der Waals surface area contributed by atoms with E-state index in [2.05, 4.69) is 35.3 Å². The second-order valence-corrected chi connectivity index (χ2v) is 6.22. The van der Waals surface area contributed by atoms with Gasteiger partial charge >= 0.3 is 0 Å². The summed E-state index contributed by atoms with van der Waals surface area (Å²) >= 11 is 3.06. The maximum absolute atomic E-state index is 13.6. The summed E-state index contributed by atoms with van der Waals surface area (Å²) in [5.74, 6) is -0.444. The molecule has 1 N–H and O–H groups in total. The Labute approximate surface area is 117 Å². The molecule has 0 aliphatic heterocycles. The molecule has 1 aromatic heterocycles. The lowest BCUT2D eigenvalue weighted by molar-refractivity contribution is 0.409. The van der Waals surface area contributed by atoms with Crippen molar-refractivity contribution < 1.29 is 17.3 Å². The number of nitrogens with zero attached hydrogens (tertiary/aromatic N) is 2. The van der Waals surface area contributed by atoms with Gasteiger partial charge in [0.05, 0.1) is 0 Å². The molecule has 1 heterocycles. The zero-order chi connectivity index (χ0) is 13.9. The Balaban J connectivity index is 2.05. The maximum Gasteiger partial charge on any atom is 0.243 e. The molecule has 0 fully saturated rings. The molecule has 2 rings (SSSR count). The standard InChI is InChI=1S/C10H9BrFN3O3S/c11-7-1-2-9(8(12)5-7)19(16,17)14-4-3-10-13-6-18-15-10/h1-2,5-6,14H,3-4H2. The van der Waals surface area contributed by atoms with Gasteiger partial charge in [0.1, 0.15) is 10.7 Å². The van der Waals surface area contributed by atoms with Gasteiger partial charge < -0.3 is 4.52 Å². The fourth-order valence-electron chi connectivity index (χ4n) is 1.37. The molecule has 6 nitrogen and oxygen atoms in total. The summed E-state index contributed by atoms with van der Waals surface area (Å²) in [5.41, 5.74) is 0. The van der Waals surface area contributed by atoms with Crippen LogP contribution in [-0.2, 0) is 16.4 Å². The van der Waals surface area contributed by atoms with Crippen LogP contribution in [0.5, 0.6) is 0 Å². The predicted molar refractivity (Wildman–Crippen MR) is 67.3 cm³/mol. The number of sulfonamides is 1. The van der Waals surface area contributed by atoms with Crippen molar-refractivity contribution in [3.63, 3.8) is 0 Å². The van der Waals surface area contributed by atoms with Crippen molar-refractivity contribution in [2.75, 3.05) is 6.54 Å². The van der Waals surface area contributed by atoms with E-state index in [4.69, 9.17) is 0 Å². The highest BCUT2D eigenvalue weighted by molar-refractivity contribution is 9.10. The highest BCUT2D eigenvalue weighted by Crippen LogP contribution is 2.19. The summed E-state index contributed by atoms with van der Waals surface area (Å²) < 4.78 is 44.5. The number of hydrogen-bond donors (Lipinski definition) is 1. The van der Waals surface area contributed by atoms with E-state index in [0.29, 0.717) is 10.3 Å². The first kappa shape index (κ1) is 14.1. The molecule has 0 aliphatic rings. The van der Waals surface area contributed by atoms with E-state index in [-0.39, 0.29) is 13.0 Å². The normalized spacial score (nSPS) is 11.7. The lowest BCUT2D eigenvalue weighted by Gasteiger charge is -2.06. The topological polar surface area (TPSA) is 85.1 Å². The third-order valence-electron chi connectivity index (χ3n) is 2.23. The summed E-state index contributed by atoms with van der Waals surface area (Å²) in [6.45, 7) is 0.0529. The van der Waals surface area contributed by atoms with E-state index in [1.165, 1.54) is 12.1 Å². The molecular formula is C10H9BrFN3O3S. The summed E-state index contributed by atoms with van der Waals surface area (Å²) in [6.07, 6.45) is 1.41. The van der Waals surface area contributed by atoms with Crippen molar-refractivity contribution >= 4 is 26.0 Å². The molecule has 2 aromatic rings. The number of aromatic nitrogens is 2. The Kier molecular flexibility index (Phi) is 4.27. The minimum absolute atomic E-state index is 0.0529. The lowest BCUT2D eigenvalue weighted by Crippen LogP contribution is -2.27. The van der Waals surface area contributed by atoms with Crippen LogP contribution in [0.4, 0.5) is 4.39 Å². The van der Waals surface area contributed by atoms with Gasteiger partial charge in [-0.3, -0.25) is 0 Å². The van der Waals surface area contributed by atoms with Gasteiger partial charge in [0.25, 0.3) is 0 Å². The maximum atomic E-state index is 13.6. The zero-order valence-corrected chi connectivity index (χ0v) is 11.9. The monoisotopic (exact) mass is 349 g/mol. The van der Waals surface area contributed by atoms with Crippen LogP contribution in [0.15, 0.2) is 38.5 Å². The van der Waals surface area contributed by atoms with Gasteiger partial charge in [0.15, 0.2) is 5.82 Å². The average Bonchev–Trinajstić information content (AvgIpc) is 2.81. The van der Waals surface area contributed by atoms with Gasteiger partial charge in [-0.1, -0.05) is 21.1 Å². The van der Waals surface area contributed by atoms with Gasteiger partial charge in [-0.15, -0.1) is 0 Å². The van der Waals surface area contributed by atoms with Crippen LogP contribution in [-0.4, -0.2) is 25.1 Å². The molecule has 19 heavy (non-hydrogen) atoms. The van der Waals surface area contributed by atoms with Crippen molar-refractivity contribution in [2.45, 2.75) is 11.3 Å². The van der Waals surface area contributed by atoms with E-state index in [9.17, 15) is 12.8 Å². The van der Waals surface area contributed by atoms with Crippen LogP contribution in [0.1, 0.15) is 5.82 Å². The van der Waals surface area contributed by atoms with Gasteiger partial charge in [-0.05, 0) is 18.2 Å². The van der Waals surface area contributed by atoms with Gasteiger partial charge in [-0.2, -0.15) is 4.98 Å². The van der Waals surface area contributed by atoms with Crippen LogP contribution >= 0.6 is 15.9 Å². The third kappa shape index (κ3) is 3.58. The Hall–Kier alpha value is -1.32. The van der Waals surface area contributed by atoms with Crippen molar-refractivity contribution in [1.82, 2.24) is 14.9 Å². The van der Waals surface area contributed by atoms with Crippen LogP contribution < -0.4 is 4.72 Å². The summed E-state index contributed by atoms with van der Waals surface area (Å²) in [7, 11) is -3.89. The quantitative estimate of drug-likeness (QED) is 0.883. The lowest BCUT2D eigenvalue weighted by atomic mass is 10.3. The summed E-state index contributed by atoms with van der Waals surface area (Å²) in [5, 5.41) is 3.54. The largest absolute Gasteiger partial charge is 0.343 e. The second kappa shape index (κ2) is 5.76. The fraction of sp³-hybridized carbons (Fsp3) is 0.200. The molecule has 0 spiro atoms. The molecule has 0 saturated heterocycles. The van der Waals surface area contributed by atoms with E-state index in [0.717, 1.165) is 12.5 Å². The first-order chi connectivity index (χ1) is 8.99. The van der Waals surface area contributed by atoms with Crippen LogP contribution in [0.2, 0.25) is 0 Å². The highest BCUT2D eigenvalue weighted by atomic mass is 79.9. The number of nitrogens with one attached hydrogen (secondary N) is 1. The van der Waals surface area contributed by atoms with E-state index in [1.54, 1.807) is 0 Å². The molecule has 0 aliphatic carbocycles. The molecule has 0 unspecified atom stereocenters. The Morgan fingerprint density at radius 2 is 2.21 bits per heavy atom. The fourth-order valence-corrected chi connectivity index (χ4v) is 2.79. The molecule has 1 aromatic carbocycles. The number of hydrogen-bond acceptors (Lipinski definition) is 5. The first-order valence-corrected chi connectivity index (χ1v) is 7.46. The minimum Gasteiger partial charge on any atom is -0.343 e. The Morgan fingerprint density at radius 3 is 2.84 bits per heavy atom. The number of rotatable bonds is 5. The van der Waals surface area contributed by atoms with Gasteiger partial charge in [0, 0.05) is 17.4 Å². The van der Waals surface area contributed by atoms with E-state index in [1.807, 2.05) is 0 Å². The molecule has 0 saturated carbocycles. The SMILES string of the molecule is O=S(=O)(NCCc1ncon1)c1ccc(Br)cc1F. The molecular weight excluding hydrogens is 341 g/mol. The summed E-state index contributed by atoms with van der Waals surface area (Å²) in [4.78, 5) is 3.35. The minimum atomic E-state index is -3.89. The van der Waals surface area contributed by atoms with E-state index < -0.39 is 20.7 Å². The van der Waals surface area contributed by atoms with Crippen LogP contribution in [0.25, 0.3) is 0 Å². The number of benzene rings is 1. The van der Waals surface area contributed by atoms with Gasteiger partial charge in [0.2, 0.25) is 16.4 Å².